The van der Waals surface area contributed by atoms with Gasteiger partial charge in [0.15, 0.2) is 0 Å². The number of Topliss-reactive ketones (excluding diaryl/α,β-unsaturated/α-hetero) is 2. The fraction of sp³-hybridized carbons (Fsp3) is 0.143. The van der Waals surface area contributed by atoms with Crippen LogP contribution in [0.3, 0.4) is 0 Å². The summed E-state index contributed by atoms with van der Waals surface area (Å²) in [6, 6.07) is 0. The van der Waals surface area contributed by atoms with Crippen LogP contribution in [0.2, 0.25) is 0 Å². The molecule has 2 N–H and O–H groups in total. The van der Waals surface area contributed by atoms with Crippen molar-refractivity contribution in [2.24, 2.45) is 0 Å². The lowest BCUT2D eigenvalue weighted by molar-refractivity contribution is -0.0860. The Balaban J connectivity index is 2.71. The predicted molar refractivity (Wildman–Crippen MR) is 37.9 cm³/mol. The number of hydrogen-bond acceptors (Lipinski definition) is 6. The van der Waals surface area contributed by atoms with Gasteiger partial charge in [-0.25, -0.2) is 9.97 Å². The second-order valence-corrected chi connectivity index (χ2v) is 2.58. The molecule has 1 aromatic rings. The molecule has 1 heterocycles. The van der Waals surface area contributed by atoms with Crippen LogP contribution >= 0.6 is 0 Å². The summed E-state index contributed by atoms with van der Waals surface area (Å²) in [4.78, 5) is 29.3. The van der Waals surface area contributed by atoms with Gasteiger partial charge >= 0.3 is 0 Å². The minimum absolute atomic E-state index is 0.294. The van der Waals surface area contributed by atoms with Gasteiger partial charge in [0.05, 0.1) is 0 Å². The second kappa shape index (κ2) is 2.18. The minimum atomic E-state index is -2.98. The number of ketones is 2. The number of fused-ring (bicyclic) bond motifs is 1. The molecular formula is C7H4N2O4. The van der Waals surface area contributed by atoms with Gasteiger partial charge in [0, 0.05) is 12.4 Å². The lowest BCUT2D eigenvalue weighted by Gasteiger charge is -2.07. The quantitative estimate of drug-likeness (QED) is 0.373. The molecule has 13 heavy (non-hydrogen) atoms. The van der Waals surface area contributed by atoms with Crippen LogP contribution in [0.25, 0.3) is 0 Å². The lowest BCUT2D eigenvalue weighted by Crippen LogP contribution is -2.40. The van der Waals surface area contributed by atoms with E-state index in [1.165, 1.54) is 12.4 Å². The van der Waals surface area contributed by atoms with Gasteiger partial charge in [-0.05, 0) is 0 Å². The summed E-state index contributed by atoms with van der Waals surface area (Å²) in [6.07, 6.45) is 2.40. The molecule has 0 unspecified atom stereocenters. The Labute approximate surface area is 71.9 Å². The van der Waals surface area contributed by atoms with E-state index in [1.54, 1.807) is 0 Å². The standard InChI is InChI=1S/C7H4N2O4/c10-5-3-4(9-2-1-8-3)6(11)7(5,12)13/h1-2,12-13H. The van der Waals surface area contributed by atoms with E-state index >= 15 is 0 Å². The minimum Gasteiger partial charge on any atom is -0.353 e. The molecule has 0 atom stereocenters. The number of carbonyl (C=O) groups excluding carboxylic acids is 2. The van der Waals surface area contributed by atoms with Crippen LogP contribution < -0.4 is 0 Å². The Morgan fingerprint density at radius 3 is 1.77 bits per heavy atom. The first kappa shape index (κ1) is 7.96. The SMILES string of the molecule is O=C1c2nccnc2C(=O)C1(O)O. The molecule has 0 radical (unpaired) electrons. The molecule has 0 saturated carbocycles. The van der Waals surface area contributed by atoms with E-state index < -0.39 is 17.4 Å². The van der Waals surface area contributed by atoms with Crippen LogP contribution in [0.1, 0.15) is 21.0 Å². The van der Waals surface area contributed by atoms with Crippen LogP contribution in [0.5, 0.6) is 0 Å². The Hall–Kier alpha value is -1.66. The Morgan fingerprint density at radius 2 is 1.38 bits per heavy atom. The molecule has 2 rings (SSSR count). The zero-order valence-electron chi connectivity index (χ0n) is 6.26. The normalized spacial score (nSPS) is 18.9. The average Bonchev–Trinajstić information content (AvgIpc) is 2.30. The van der Waals surface area contributed by atoms with Crippen LogP contribution in [0.4, 0.5) is 0 Å². The third-order valence-corrected chi connectivity index (χ3v) is 1.76. The highest BCUT2D eigenvalue weighted by Gasteiger charge is 2.53. The van der Waals surface area contributed by atoms with Crippen LogP contribution in [-0.2, 0) is 0 Å². The fourth-order valence-electron chi connectivity index (χ4n) is 1.10. The molecule has 1 aliphatic rings. The van der Waals surface area contributed by atoms with Gasteiger partial charge in [-0.1, -0.05) is 0 Å². The molecule has 1 aromatic heterocycles. The zero-order valence-corrected chi connectivity index (χ0v) is 6.26. The van der Waals surface area contributed by atoms with E-state index in [2.05, 4.69) is 9.97 Å². The fourth-order valence-corrected chi connectivity index (χ4v) is 1.10. The number of hydrogen-bond donors (Lipinski definition) is 2. The number of aromatic nitrogens is 2. The number of nitrogens with zero attached hydrogens (tertiary/aromatic N) is 2. The van der Waals surface area contributed by atoms with E-state index in [0.717, 1.165) is 0 Å². The van der Waals surface area contributed by atoms with E-state index in [-0.39, 0.29) is 11.4 Å². The third kappa shape index (κ3) is 0.835. The lowest BCUT2D eigenvalue weighted by atomic mass is 10.2. The van der Waals surface area contributed by atoms with Crippen molar-refractivity contribution < 1.29 is 19.8 Å². The van der Waals surface area contributed by atoms with E-state index in [9.17, 15) is 9.59 Å². The molecule has 0 amide bonds. The molecule has 66 valence electrons. The molecule has 0 fully saturated rings. The summed E-state index contributed by atoms with van der Waals surface area (Å²) < 4.78 is 0. The van der Waals surface area contributed by atoms with Crippen molar-refractivity contribution >= 4 is 11.6 Å². The van der Waals surface area contributed by atoms with Crippen molar-refractivity contribution in [2.75, 3.05) is 0 Å². The zero-order chi connectivity index (χ0) is 9.64. The van der Waals surface area contributed by atoms with Crippen LogP contribution in [0, 0.1) is 0 Å². The second-order valence-electron chi connectivity index (χ2n) is 2.58. The van der Waals surface area contributed by atoms with Gasteiger partial charge in [-0.2, -0.15) is 0 Å². The summed E-state index contributed by atoms with van der Waals surface area (Å²) in [5.41, 5.74) is -0.588. The summed E-state index contributed by atoms with van der Waals surface area (Å²) in [5, 5.41) is 18.1. The Bertz CT molecular complexity index is 376. The maximum Gasteiger partial charge on any atom is 0.298 e. The highest BCUT2D eigenvalue weighted by Crippen LogP contribution is 2.24. The van der Waals surface area contributed by atoms with Crippen LogP contribution in [0.15, 0.2) is 12.4 Å². The highest BCUT2D eigenvalue weighted by atomic mass is 16.5. The molecule has 1 aliphatic carbocycles. The van der Waals surface area contributed by atoms with E-state index in [0.29, 0.717) is 0 Å². The van der Waals surface area contributed by atoms with Gasteiger partial charge < -0.3 is 10.2 Å². The average molecular weight is 180 g/mol. The maximum absolute atomic E-state index is 11.1. The van der Waals surface area contributed by atoms with Gasteiger partial charge in [0.1, 0.15) is 11.4 Å². The van der Waals surface area contributed by atoms with Gasteiger partial charge in [0.25, 0.3) is 17.4 Å². The third-order valence-electron chi connectivity index (χ3n) is 1.76. The number of rotatable bonds is 0. The van der Waals surface area contributed by atoms with Crippen molar-refractivity contribution in [3.8, 4) is 0 Å². The van der Waals surface area contributed by atoms with Gasteiger partial charge in [-0.15, -0.1) is 0 Å². The molecule has 6 heteroatoms. The summed E-state index contributed by atoms with van der Waals surface area (Å²) in [7, 11) is 0. The Morgan fingerprint density at radius 1 is 1.00 bits per heavy atom. The number of aliphatic hydroxyl groups is 2. The molecule has 6 nitrogen and oxygen atoms in total. The van der Waals surface area contributed by atoms with Crippen molar-refractivity contribution in [2.45, 2.75) is 5.79 Å². The summed E-state index contributed by atoms with van der Waals surface area (Å²) in [5.74, 6) is -5.23. The smallest absolute Gasteiger partial charge is 0.298 e. The summed E-state index contributed by atoms with van der Waals surface area (Å²) in [6.45, 7) is 0. The molecule has 0 spiro atoms. The summed E-state index contributed by atoms with van der Waals surface area (Å²) >= 11 is 0. The highest BCUT2D eigenvalue weighted by molar-refractivity contribution is 6.28. The monoisotopic (exact) mass is 180 g/mol. The number of carbonyl (C=O) groups is 2. The predicted octanol–water partition coefficient (Wildman–Crippen LogP) is -1.46. The molecule has 0 aromatic carbocycles. The van der Waals surface area contributed by atoms with Crippen LogP contribution in [-0.4, -0.2) is 37.5 Å². The van der Waals surface area contributed by atoms with Crippen molar-refractivity contribution in [1.82, 2.24) is 9.97 Å². The molecular weight excluding hydrogens is 176 g/mol. The first-order valence-electron chi connectivity index (χ1n) is 3.40. The molecule has 0 aliphatic heterocycles. The Kier molecular flexibility index (Phi) is 1.34. The maximum atomic E-state index is 11.1. The van der Waals surface area contributed by atoms with E-state index in [4.69, 9.17) is 10.2 Å². The largest absolute Gasteiger partial charge is 0.353 e. The van der Waals surface area contributed by atoms with Gasteiger partial charge in [0.2, 0.25) is 0 Å². The molecule has 0 saturated heterocycles. The van der Waals surface area contributed by atoms with E-state index in [1.807, 2.05) is 0 Å². The van der Waals surface area contributed by atoms with Crippen molar-refractivity contribution in [3.63, 3.8) is 0 Å². The molecule has 0 bridgehead atoms. The topological polar surface area (TPSA) is 100 Å². The first-order chi connectivity index (χ1) is 6.05. The van der Waals surface area contributed by atoms with Crippen molar-refractivity contribution in [1.29, 1.82) is 0 Å². The first-order valence-corrected chi connectivity index (χ1v) is 3.40. The van der Waals surface area contributed by atoms with Crippen molar-refractivity contribution in [3.05, 3.63) is 23.8 Å². The van der Waals surface area contributed by atoms with Gasteiger partial charge in [-0.3, -0.25) is 9.59 Å².